The highest BCUT2D eigenvalue weighted by atomic mass is 32.1. The van der Waals surface area contributed by atoms with Gasteiger partial charge in [-0.05, 0) is 62.8 Å². The van der Waals surface area contributed by atoms with Crippen molar-refractivity contribution in [1.82, 2.24) is 19.0 Å². The summed E-state index contributed by atoms with van der Waals surface area (Å²) in [5.41, 5.74) is -0.229. The van der Waals surface area contributed by atoms with E-state index in [0.29, 0.717) is 71.1 Å². The third-order valence-corrected chi connectivity index (χ3v) is 9.77. The molecule has 11 nitrogen and oxygen atoms in total. The molecule has 1 aliphatic carbocycles. The Hall–Kier alpha value is -3.81. The van der Waals surface area contributed by atoms with Crippen LogP contribution in [-0.4, -0.2) is 62.9 Å². The first-order valence-electron chi connectivity index (χ1n) is 14.3. The van der Waals surface area contributed by atoms with Gasteiger partial charge in [0.15, 0.2) is 0 Å². The number of oxazole rings is 1. The number of aliphatic hydroxyl groups is 1. The maximum absolute atomic E-state index is 14.6. The minimum Gasteiger partial charge on any atom is -0.496 e. The molecule has 1 saturated heterocycles. The number of nitrogens with zero attached hydrogens (tertiary/aromatic N) is 4. The molecule has 43 heavy (non-hydrogen) atoms. The third-order valence-electron chi connectivity index (χ3n) is 8.47. The van der Waals surface area contributed by atoms with Gasteiger partial charge in [0, 0.05) is 19.2 Å². The standard InChI is InChI=1S/C30H33FN4O7S/c1-16-24-28(38)35(21-10-12-33(2)27(21)37)30(39)34(29(24)43-25(16)26-32-11-13-41-26)15-23(42-19-7-5-18(36)6-8-19)20-14-17(31)4-9-22(20)40-3/h4,9,11,13-14,18-19,21,23,36H,5-8,10,12,15H2,1-3H3/t18?,19?,21-,23?/m0/s1. The lowest BCUT2D eigenvalue weighted by Gasteiger charge is -2.31. The number of aliphatic hydroxyl groups excluding tert-OH is 1. The number of aryl methyl sites for hydroxylation is 1. The summed E-state index contributed by atoms with van der Waals surface area (Å²) in [6.45, 7) is 2.09. The fraction of sp³-hybridized carbons (Fsp3) is 0.467. The lowest BCUT2D eigenvalue weighted by molar-refractivity contribution is -0.129. The van der Waals surface area contributed by atoms with Gasteiger partial charge in [-0.15, -0.1) is 11.3 Å². The SMILES string of the molecule is COc1ccc(F)cc1C(Cn1c(=O)n([C@H]2CCN(C)C2=O)c(=O)c2c(C)c(-c3ncco3)sc21)OC1CCC(O)CC1. The minimum absolute atomic E-state index is 0.0871. The van der Waals surface area contributed by atoms with E-state index in [1.807, 2.05) is 0 Å². The van der Waals surface area contributed by atoms with Crippen molar-refractivity contribution < 1.29 is 28.2 Å². The quantitative estimate of drug-likeness (QED) is 0.318. The number of aromatic nitrogens is 3. The summed E-state index contributed by atoms with van der Waals surface area (Å²) in [7, 11) is 3.12. The van der Waals surface area contributed by atoms with E-state index in [4.69, 9.17) is 13.9 Å². The van der Waals surface area contributed by atoms with Gasteiger partial charge in [-0.3, -0.25) is 14.2 Å². The van der Waals surface area contributed by atoms with Gasteiger partial charge >= 0.3 is 5.69 Å². The topological polar surface area (TPSA) is 129 Å². The first-order chi connectivity index (χ1) is 20.7. The van der Waals surface area contributed by atoms with Crippen molar-refractivity contribution in [2.75, 3.05) is 20.7 Å². The average molecular weight is 613 g/mol. The zero-order chi connectivity index (χ0) is 30.4. The number of rotatable bonds is 8. The van der Waals surface area contributed by atoms with E-state index < -0.39 is 35.3 Å². The molecule has 1 N–H and O–H groups in total. The van der Waals surface area contributed by atoms with Gasteiger partial charge in [0.1, 0.15) is 34.8 Å². The van der Waals surface area contributed by atoms with E-state index in [0.717, 1.165) is 4.57 Å². The van der Waals surface area contributed by atoms with Crippen LogP contribution in [0.4, 0.5) is 4.39 Å². The molecule has 13 heteroatoms. The second-order valence-electron chi connectivity index (χ2n) is 11.1. The number of carbonyl (C=O) groups is 1. The van der Waals surface area contributed by atoms with Crippen LogP contribution in [-0.2, 0) is 16.1 Å². The van der Waals surface area contributed by atoms with Crippen LogP contribution in [0.5, 0.6) is 5.75 Å². The molecule has 228 valence electrons. The fourth-order valence-electron chi connectivity index (χ4n) is 6.13. The van der Waals surface area contributed by atoms with Gasteiger partial charge in [0.25, 0.3) is 5.56 Å². The molecule has 2 fully saturated rings. The summed E-state index contributed by atoms with van der Waals surface area (Å²) in [4.78, 5) is 48.1. The van der Waals surface area contributed by atoms with Crippen LogP contribution >= 0.6 is 11.3 Å². The Bertz CT molecular complexity index is 1770. The smallest absolute Gasteiger partial charge is 0.332 e. The summed E-state index contributed by atoms with van der Waals surface area (Å²) in [5.74, 6) is -0.120. The summed E-state index contributed by atoms with van der Waals surface area (Å²) in [6.07, 6.45) is 4.04. The lowest BCUT2D eigenvalue weighted by atomic mass is 9.94. The maximum Gasteiger partial charge on any atom is 0.332 e. The molecule has 4 heterocycles. The van der Waals surface area contributed by atoms with Gasteiger partial charge < -0.3 is 23.9 Å². The average Bonchev–Trinajstić information content (AvgIpc) is 3.72. The Morgan fingerprint density at radius 1 is 1.19 bits per heavy atom. The third kappa shape index (κ3) is 5.30. The van der Waals surface area contributed by atoms with E-state index in [2.05, 4.69) is 4.98 Å². The highest BCUT2D eigenvalue weighted by molar-refractivity contribution is 7.22. The molecule has 2 aliphatic rings. The molecule has 4 aromatic rings. The maximum atomic E-state index is 14.6. The largest absolute Gasteiger partial charge is 0.496 e. The number of hydrogen-bond donors (Lipinski definition) is 1. The molecule has 3 aromatic heterocycles. The summed E-state index contributed by atoms with van der Waals surface area (Å²) < 4.78 is 34.8. The second-order valence-corrected chi connectivity index (χ2v) is 12.1. The van der Waals surface area contributed by atoms with Crippen LogP contribution in [0.3, 0.4) is 0 Å². The van der Waals surface area contributed by atoms with Crippen molar-refractivity contribution >= 4 is 27.5 Å². The number of benzene rings is 1. The number of halogens is 1. The number of likely N-dealkylation sites (tertiary alicyclic amines) is 1. The molecule has 1 aliphatic heterocycles. The van der Waals surface area contributed by atoms with E-state index in [-0.39, 0.29) is 23.9 Å². The van der Waals surface area contributed by atoms with E-state index in [9.17, 15) is 23.9 Å². The molecule has 1 aromatic carbocycles. The van der Waals surface area contributed by atoms with Crippen molar-refractivity contribution in [2.24, 2.45) is 0 Å². The number of amides is 1. The predicted octanol–water partition coefficient (Wildman–Crippen LogP) is 3.80. The molecule has 1 unspecified atom stereocenters. The van der Waals surface area contributed by atoms with Crippen LogP contribution in [0.25, 0.3) is 21.0 Å². The van der Waals surface area contributed by atoms with Crippen molar-refractivity contribution in [3.8, 4) is 16.5 Å². The van der Waals surface area contributed by atoms with Crippen molar-refractivity contribution in [1.29, 1.82) is 0 Å². The molecule has 0 spiro atoms. The number of ether oxygens (including phenoxy) is 2. The van der Waals surface area contributed by atoms with Gasteiger partial charge in [-0.1, -0.05) is 0 Å². The first kappa shape index (κ1) is 29.3. The predicted molar refractivity (Wildman–Crippen MR) is 157 cm³/mol. The monoisotopic (exact) mass is 612 g/mol. The van der Waals surface area contributed by atoms with Gasteiger partial charge in [0.2, 0.25) is 11.8 Å². The zero-order valence-corrected chi connectivity index (χ0v) is 24.9. The van der Waals surface area contributed by atoms with E-state index in [1.165, 1.54) is 58.6 Å². The first-order valence-corrected chi connectivity index (χ1v) is 15.1. The fourth-order valence-corrected chi connectivity index (χ4v) is 7.38. The second kappa shape index (κ2) is 11.7. The Kier molecular flexibility index (Phi) is 7.96. The number of fused-ring (bicyclic) bond motifs is 1. The normalized spacial score (nSPS) is 21.6. The van der Waals surface area contributed by atoms with Crippen molar-refractivity contribution in [3.63, 3.8) is 0 Å². The summed E-state index contributed by atoms with van der Waals surface area (Å²) in [6, 6.07) is 3.17. The number of likely N-dealkylation sites (N-methyl/N-ethyl adjacent to an activating group) is 1. The van der Waals surface area contributed by atoms with Crippen LogP contribution in [0, 0.1) is 12.7 Å². The Labute approximate surface area is 250 Å². The summed E-state index contributed by atoms with van der Waals surface area (Å²) in [5, 5.41) is 10.3. The molecule has 6 rings (SSSR count). The Balaban J connectivity index is 1.55. The highest BCUT2D eigenvalue weighted by Crippen LogP contribution is 2.38. The Morgan fingerprint density at radius 2 is 1.95 bits per heavy atom. The molecule has 0 bridgehead atoms. The molecular weight excluding hydrogens is 579 g/mol. The van der Waals surface area contributed by atoms with Crippen LogP contribution in [0.15, 0.2) is 44.7 Å². The van der Waals surface area contributed by atoms with E-state index >= 15 is 0 Å². The van der Waals surface area contributed by atoms with Crippen molar-refractivity contribution in [3.05, 3.63) is 68.4 Å². The number of hydrogen-bond acceptors (Lipinski definition) is 9. The Morgan fingerprint density at radius 3 is 2.60 bits per heavy atom. The number of thiophene rings is 1. The molecule has 1 amide bonds. The van der Waals surface area contributed by atoms with Crippen LogP contribution in [0.1, 0.15) is 55.4 Å². The molecular formula is C30H33FN4O7S. The lowest BCUT2D eigenvalue weighted by Crippen LogP contribution is -2.45. The van der Waals surface area contributed by atoms with Gasteiger partial charge in [0.05, 0.1) is 42.3 Å². The van der Waals surface area contributed by atoms with Crippen molar-refractivity contribution in [2.45, 2.75) is 69.9 Å². The number of methoxy groups -OCH3 is 1. The summed E-state index contributed by atoms with van der Waals surface area (Å²) >= 11 is 1.19. The highest BCUT2D eigenvalue weighted by Gasteiger charge is 2.36. The van der Waals surface area contributed by atoms with Crippen LogP contribution < -0.4 is 16.0 Å². The van der Waals surface area contributed by atoms with E-state index in [1.54, 1.807) is 14.0 Å². The molecule has 1 saturated carbocycles. The minimum atomic E-state index is -0.951. The van der Waals surface area contributed by atoms with Gasteiger partial charge in [-0.25, -0.2) is 18.7 Å². The van der Waals surface area contributed by atoms with Gasteiger partial charge in [-0.2, -0.15) is 0 Å². The van der Waals surface area contributed by atoms with Crippen LogP contribution in [0.2, 0.25) is 0 Å². The molecule has 0 radical (unpaired) electrons. The zero-order valence-electron chi connectivity index (χ0n) is 24.1. The number of carbonyl (C=O) groups excluding carboxylic acids is 1. The molecule has 2 atom stereocenters.